The van der Waals surface area contributed by atoms with Crippen molar-refractivity contribution < 1.29 is 19.0 Å². The molecule has 0 aliphatic carbocycles. The normalized spacial score (nSPS) is 16.5. The average molecular weight is 480 g/mol. The summed E-state index contributed by atoms with van der Waals surface area (Å²) in [6.07, 6.45) is 0.272. The van der Waals surface area contributed by atoms with Gasteiger partial charge in [0.2, 0.25) is 11.9 Å². The maximum absolute atomic E-state index is 11.9. The zero-order valence-corrected chi connectivity index (χ0v) is 20.2. The van der Waals surface area contributed by atoms with E-state index in [9.17, 15) is 4.79 Å². The van der Waals surface area contributed by atoms with Gasteiger partial charge in [-0.3, -0.25) is 5.32 Å². The van der Waals surface area contributed by atoms with Crippen LogP contribution < -0.4 is 19.8 Å². The van der Waals surface area contributed by atoms with Gasteiger partial charge in [-0.1, -0.05) is 17.4 Å². The Morgan fingerprint density at radius 1 is 1.21 bits per heavy atom. The molecule has 176 valence electrons. The van der Waals surface area contributed by atoms with Crippen molar-refractivity contribution in [2.75, 3.05) is 23.7 Å². The molecular weight excluding hydrogens is 454 g/mol. The number of fused-ring (bicyclic) bond motifs is 2. The van der Waals surface area contributed by atoms with Crippen LogP contribution in [0.1, 0.15) is 41.1 Å². The van der Waals surface area contributed by atoms with E-state index < -0.39 is 6.09 Å². The highest BCUT2D eigenvalue weighted by Gasteiger charge is 2.29. The molecule has 0 unspecified atom stereocenters. The van der Waals surface area contributed by atoms with E-state index in [0.29, 0.717) is 18.0 Å². The Morgan fingerprint density at radius 2 is 2.00 bits per heavy atom. The number of anilines is 2. The SMILES string of the molecule is CCOC(=O)Nc1ccc(C2=NN(c3nnc(C)s3)[C@H](C)Cc3cc4c(cc32)OCO4)cc1C. The van der Waals surface area contributed by atoms with Crippen LogP contribution in [0.4, 0.5) is 15.6 Å². The second-order valence-electron chi connectivity index (χ2n) is 8.19. The van der Waals surface area contributed by atoms with Crippen molar-refractivity contribution in [3.05, 3.63) is 57.6 Å². The molecule has 2 aliphatic heterocycles. The molecule has 3 aromatic rings. The molecule has 0 bridgehead atoms. The van der Waals surface area contributed by atoms with E-state index in [4.69, 9.17) is 19.3 Å². The first-order chi connectivity index (χ1) is 16.4. The average Bonchev–Trinajstić information content (AvgIpc) is 3.41. The molecule has 2 aromatic carbocycles. The molecular formula is C24H25N5O4S. The van der Waals surface area contributed by atoms with Gasteiger partial charge in [-0.2, -0.15) is 5.10 Å². The lowest BCUT2D eigenvalue weighted by atomic mass is 9.93. The molecule has 1 amide bonds. The predicted octanol–water partition coefficient (Wildman–Crippen LogP) is 4.66. The molecule has 5 rings (SSSR count). The molecule has 0 radical (unpaired) electrons. The zero-order chi connectivity index (χ0) is 23.8. The minimum Gasteiger partial charge on any atom is -0.454 e. The summed E-state index contributed by atoms with van der Waals surface area (Å²) in [5.74, 6) is 1.45. The fourth-order valence-electron chi connectivity index (χ4n) is 4.09. The summed E-state index contributed by atoms with van der Waals surface area (Å²) in [4.78, 5) is 11.9. The van der Waals surface area contributed by atoms with E-state index >= 15 is 0 Å². The Balaban J connectivity index is 1.61. The van der Waals surface area contributed by atoms with E-state index in [1.54, 1.807) is 6.92 Å². The number of aryl methyl sites for hydroxylation is 2. The van der Waals surface area contributed by atoms with Crippen LogP contribution in [0.5, 0.6) is 11.5 Å². The zero-order valence-electron chi connectivity index (χ0n) is 19.4. The second-order valence-corrected chi connectivity index (χ2v) is 9.35. The Morgan fingerprint density at radius 3 is 2.71 bits per heavy atom. The number of aromatic nitrogens is 2. The van der Waals surface area contributed by atoms with Crippen LogP contribution in [0.3, 0.4) is 0 Å². The van der Waals surface area contributed by atoms with Gasteiger partial charge in [0, 0.05) is 16.8 Å². The van der Waals surface area contributed by atoms with E-state index in [-0.39, 0.29) is 12.8 Å². The second kappa shape index (κ2) is 8.94. The van der Waals surface area contributed by atoms with Crippen molar-refractivity contribution in [1.29, 1.82) is 0 Å². The van der Waals surface area contributed by atoms with Crippen LogP contribution in [0.25, 0.3) is 0 Å². The smallest absolute Gasteiger partial charge is 0.411 e. The van der Waals surface area contributed by atoms with Gasteiger partial charge in [0.25, 0.3) is 0 Å². The number of hydrazone groups is 1. The molecule has 1 N–H and O–H groups in total. The number of hydrogen-bond donors (Lipinski definition) is 1. The molecule has 0 saturated heterocycles. The summed E-state index contributed by atoms with van der Waals surface area (Å²) in [7, 11) is 0. The van der Waals surface area contributed by atoms with Crippen LogP contribution in [0.2, 0.25) is 0 Å². The monoisotopic (exact) mass is 479 g/mol. The first-order valence-electron chi connectivity index (χ1n) is 11.1. The quantitative estimate of drug-likeness (QED) is 0.581. The highest BCUT2D eigenvalue weighted by molar-refractivity contribution is 7.15. The molecule has 1 atom stereocenters. The predicted molar refractivity (Wildman–Crippen MR) is 130 cm³/mol. The highest BCUT2D eigenvalue weighted by Crippen LogP contribution is 2.38. The van der Waals surface area contributed by atoms with Crippen LogP contribution in [0.15, 0.2) is 35.4 Å². The van der Waals surface area contributed by atoms with Gasteiger partial charge < -0.3 is 14.2 Å². The summed E-state index contributed by atoms with van der Waals surface area (Å²) in [5, 5.41) is 20.0. The fraction of sp³-hybridized carbons (Fsp3) is 0.333. The summed E-state index contributed by atoms with van der Waals surface area (Å²) >= 11 is 1.51. The van der Waals surface area contributed by atoms with Crippen molar-refractivity contribution in [1.82, 2.24) is 10.2 Å². The third-order valence-corrected chi connectivity index (χ3v) is 6.55. The number of rotatable bonds is 4. The highest BCUT2D eigenvalue weighted by atomic mass is 32.1. The Hall–Kier alpha value is -3.66. The molecule has 10 heteroatoms. The van der Waals surface area contributed by atoms with E-state index in [0.717, 1.165) is 50.3 Å². The molecule has 2 aliphatic rings. The van der Waals surface area contributed by atoms with Crippen LogP contribution in [-0.4, -0.2) is 41.4 Å². The number of hydrogen-bond acceptors (Lipinski definition) is 9. The molecule has 34 heavy (non-hydrogen) atoms. The van der Waals surface area contributed by atoms with Crippen molar-refractivity contribution in [2.45, 2.75) is 40.2 Å². The van der Waals surface area contributed by atoms with E-state index in [1.807, 2.05) is 49.2 Å². The first-order valence-corrected chi connectivity index (χ1v) is 11.9. The third kappa shape index (κ3) is 4.16. The molecule has 0 fully saturated rings. The number of carbonyl (C=O) groups is 1. The minimum atomic E-state index is -0.477. The van der Waals surface area contributed by atoms with Crippen molar-refractivity contribution in [2.24, 2.45) is 5.10 Å². The Bertz CT molecular complexity index is 1290. The molecule has 0 spiro atoms. The van der Waals surface area contributed by atoms with Gasteiger partial charge in [0.1, 0.15) is 5.01 Å². The first kappa shape index (κ1) is 22.1. The van der Waals surface area contributed by atoms with Gasteiger partial charge in [-0.05, 0) is 69.5 Å². The van der Waals surface area contributed by atoms with Gasteiger partial charge in [-0.25, -0.2) is 9.80 Å². The van der Waals surface area contributed by atoms with E-state index in [1.165, 1.54) is 11.3 Å². The van der Waals surface area contributed by atoms with Crippen LogP contribution in [-0.2, 0) is 11.2 Å². The lowest BCUT2D eigenvalue weighted by Gasteiger charge is -2.22. The summed E-state index contributed by atoms with van der Waals surface area (Å²) in [5.41, 5.74) is 5.37. The molecule has 1 aromatic heterocycles. The molecule has 3 heterocycles. The standard InChI is InChI=1S/C24H25N5O4S/c1-5-31-24(30)25-19-7-6-16(8-13(19)2)22-18-11-21-20(32-12-33-21)10-17(18)9-14(3)29(28-22)23-27-26-15(4)34-23/h6-8,10-11,14H,5,9,12H2,1-4H3,(H,25,30)/t14-/m1/s1. The van der Waals surface area contributed by atoms with Crippen molar-refractivity contribution in [3.63, 3.8) is 0 Å². The number of benzene rings is 2. The summed E-state index contributed by atoms with van der Waals surface area (Å²) in [6, 6.07) is 9.91. The fourth-order valence-corrected chi connectivity index (χ4v) is 4.83. The molecule has 0 saturated carbocycles. The van der Waals surface area contributed by atoms with Gasteiger partial charge in [-0.15, -0.1) is 10.2 Å². The molecule has 9 nitrogen and oxygen atoms in total. The third-order valence-electron chi connectivity index (χ3n) is 5.72. The Kier molecular flexibility index (Phi) is 5.82. The van der Waals surface area contributed by atoms with Crippen LogP contribution >= 0.6 is 11.3 Å². The number of carbonyl (C=O) groups excluding carboxylic acids is 1. The van der Waals surface area contributed by atoms with Gasteiger partial charge >= 0.3 is 6.09 Å². The number of nitrogens with one attached hydrogen (secondary N) is 1. The van der Waals surface area contributed by atoms with E-state index in [2.05, 4.69) is 22.4 Å². The topological polar surface area (TPSA) is 98.2 Å². The largest absolute Gasteiger partial charge is 0.454 e. The number of amides is 1. The Labute approximate surface area is 201 Å². The summed E-state index contributed by atoms with van der Waals surface area (Å²) < 4.78 is 16.3. The minimum absolute atomic E-state index is 0.0508. The van der Waals surface area contributed by atoms with Gasteiger partial charge in [0.05, 0.1) is 18.4 Å². The maximum atomic E-state index is 11.9. The summed E-state index contributed by atoms with van der Waals surface area (Å²) in [6.45, 7) is 8.29. The lowest BCUT2D eigenvalue weighted by molar-refractivity contribution is 0.168. The number of nitrogens with zero attached hydrogens (tertiary/aromatic N) is 4. The van der Waals surface area contributed by atoms with Crippen molar-refractivity contribution >= 4 is 34.0 Å². The van der Waals surface area contributed by atoms with Gasteiger partial charge in [0.15, 0.2) is 11.5 Å². The lowest BCUT2D eigenvalue weighted by Crippen LogP contribution is -2.29. The maximum Gasteiger partial charge on any atom is 0.411 e. The van der Waals surface area contributed by atoms with Crippen LogP contribution in [0, 0.1) is 13.8 Å². The number of ether oxygens (including phenoxy) is 3. The van der Waals surface area contributed by atoms with Crippen molar-refractivity contribution in [3.8, 4) is 11.5 Å².